The summed E-state index contributed by atoms with van der Waals surface area (Å²) in [6, 6.07) is 3.35. The highest BCUT2D eigenvalue weighted by molar-refractivity contribution is 7.17. The van der Waals surface area contributed by atoms with E-state index < -0.39 is 0 Å². The minimum absolute atomic E-state index is 0.000610. The molecule has 0 radical (unpaired) electrons. The number of likely N-dealkylation sites (tertiary alicyclic amines) is 1. The van der Waals surface area contributed by atoms with Crippen LogP contribution in [0.4, 0.5) is 16.6 Å². The van der Waals surface area contributed by atoms with E-state index in [1.165, 1.54) is 17.5 Å². The van der Waals surface area contributed by atoms with Gasteiger partial charge in [-0.15, -0.1) is 0 Å². The Kier molecular flexibility index (Phi) is 6.85. The first-order valence-electron chi connectivity index (χ1n) is 10.9. The van der Waals surface area contributed by atoms with Gasteiger partial charge in [-0.25, -0.2) is 4.98 Å². The van der Waals surface area contributed by atoms with Crippen LogP contribution in [0.2, 0.25) is 0 Å². The van der Waals surface area contributed by atoms with Gasteiger partial charge in [-0.2, -0.15) is 5.10 Å². The van der Waals surface area contributed by atoms with Crippen LogP contribution in [0.15, 0.2) is 24.5 Å². The molecule has 2 aromatic heterocycles. The fraction of sp³-hybridized carbons (Fsp3) is 0.391. The Morgan fingerprint density at radius 1 is 1.26 bits per heavy atom. The van der Waals surface area contributed by atoms with Crippen LogP contribution in [0, 0.1) is 20.8 Å². The minimum Gasteiger partial charge on any atom is -0.508 e. The van der Waals surface area contributed by atoms with Gasteiger partial charge in [-0.05, 0) is 38.8 Å². The van der Waals surface area contributed by atoms with Gasteiger partial charge >= 0.3 is 0 Å². The second-order valence-corrected chi connectivity index (χ2v) is 9.39. The molecule has 10 nitrogen and oxygen atoms in total. The number of aromatic hydroxyl groups is 1. The number of carbonyl (C=O) groups is 2. The zero-order chi connectivity index (χ0) is 24.4. The van der Waals surface area contributed by atoms with Crippen molar-refractivity contribution in [2.45, 2.75) is 39.8 Å². The largest absolute Gasteiger partial charge is 0.508 e. The number of amides is 2. The lowest BCUT2D eigenvalue weighted by Gasteiger charge is -2.15. The van der Waals surface area contributed by atoms with E-state index in [0.717, 1.165) is 17.5 Å². The number of hydrogen-bond donors (Lipinski definition) is 3. The molecule has 1 atom stereocenters. The summed E-state index contributed by atoms with van der Waals surface area (Å²) in [4.78, 5) is 31.8. The van der Waals surface area contributed by atoms with E-state index in [-0.39, 0.29) is 30.2 Å². The normalized spacial score (nSPS) is 15.5. The molecule has 3 aromatic rings. The number of ether oxygens (including phenoxy) is 1. The van der Waals surface area contributed by atoms with Gasteiger partial charge < -0.3 is 25.4 Å². The third kappa shape index (κ3) is 5.05. The Morgan fingerprint density at radius 2 is 2.06 bits per heavy atom. The maximum Gasteiger partial charge on any atom is 0.267 e. The molecule has 1 saturated heterocycles. The number of thiazole rings is 1. The fourth-order valence-corrected chi connectivity index (χ4v) is 4.56. The summed E-state index contributed by atoms with van der Waals surface area (Å²) in [5, 5.41) is 20.9. The Morgan fingerprint density at radius 3 is 2.79 bits per heavy atom. The summed E-state index contributed by atoms with van der Waals surface area (Å²) < 4.78 is 6.93. The number of nitrogens with zero attached hydrogens (tertiary/aromatic N) is 4. The molecule has 2 amide bonds. The van der Waals surface area contributed by atoms with E-state index in [1.54, 1.807) is 41.9 Å². The smallest absolute Gasteiger partial charge is 0.267 e. The average Bonchev–Trinajstić information content (AvgIpc) is 3.55. The van der Waals surface area contributed by atoms with Crippen LogP contribution < -0.4 is 10.6 Å². The molecule has 34 heavy (non-hydrogen) atoms. The average molecular weight is 485 g/mol. The van der Waals surface area contributed by atoms with Crippen molar-refractivity contribution in [2.24, 2.45) is 0 Å². The minimum atomic E-state index is -0.310. The molecule has 0 bridgehead atoms. The molecule has 0 saturated carbocycles. The number of phenolic OH excluding ortho intramolecular Hbond substituents is 1. The molecular weight excluding hydrogens is 456 g/mol. The molecule has 1 aliphatic heterocycles. The molecule has 1 fully saturated rings. The quantitative estimate of drug-likeness (QED) is 0.471. The number of methoxy groups -OCH3 is 1. The van der Waals surface area contributed by atoms with Crippen LogP contribution in [0.3, 0.4) is 0 Å². The molecule has 0 aliphatic carbocycles. The lowest BCUT2D eigenvalue weighted by Crippen LogP contribution is -2.33. The maximum absolute atomic E-state index is 12.7. The van der Waals surface area contributed by atoms with Crippen LogP contribution in [0.5, 0.6) is 5.75 Å². The zero-order valence-corrected chi connectivity index (χ0v) is 20.4. The number of aryl methyl sites for hydroxylation is 2. The highest BCUT2D eigenvalue weighted by Crippen LogP contribution is 2.30. The highest BCUT2D eigenvalue weighted by Gasteiger charge is 2.26. The lowest BCUT2D eigenvalue weighted by atomic mass is 10.1. The Balaban J connectivity index is 1.40. The Labute approximate surface area is 201 Å². The number of carbonyl (C=O) groups excluding carboxylic acids is 2. The maximum atomic E-state index is 12.7. The molecule has 3 heterocycles. The third-order valence-electron chi connectivity index (χ3n) is 5.91. The first-order valence-corrected chi connectivity index (χ1v) is 11.7. The lowest BCUT2D eigenvalue weighted by molar-refractivity contribution is -0.131. The van der Waals surface area contributed by atoms with Crippen LogP contribution in [0.1, 0.15) is 32.8 Å². The first-order chi connectivity index (χ1) is 16.2. The van der Waals surface area contributed by atoms with Crippen molar-refractivity contribution < 1.29 is 19.4 Å². The van der Waals surface area contributed by atoms with Crippen LogP contribution >= 0.6 is 11.3 Å². The summed E-state index contributed by atoms with van der Waals surface area (Å²) in [6.07, 6.45) is 4.24. The first kappa shape index (κ1) is 23.7. The van der Waals surface area contributed by atoms with E-state index in [1.807, 2.05) is 13.8 Å². The molecule has 3 N–H and O–H groups in total. The Hall–Kier alpha value is -3.44. The van der Waals surface area contributed by atoms with Gasteiger partial charge in [0.05, 0.1) is 18.0 Å². The predicted octanol–water partition coefficient (Wildman–Crippen LogP) is 3.21. The van der Waals surface area contributed by atoms with Crippen molar-refractivity contribution in [3.8, 4) is 5.75 Å². The molecule has 1 unspecified atom stereocenters. The van der Waals surface area contributed by atoms with Gasteiger partial charge in [-0.3, -0.25) is 14.3 Å². The fourth-order valence-electron chi connectivity index (χ4n) is 3.85. The molecule has 0 spiro atoms. The number of benzene rings is 1. The van der Waals surface area contributed by atoms with Gasteiger partial charge in [0.2, 0.25) is 5.91 Å². The van der Waals surface area contributed by atoms with Gasteiger partial charge in [0.1, 0.15) is 17.2 Å². The number of hydrogen-bond acceptors (Lipinski definition) is 8. The topological polar surface area (TPSA) is 122 Å². The molecule has 4 rings (SSSR count). The van der Waals surface area contributed by atoms with E-state index in [9.17, 15) is 14.7 Å². The van der Waals surface area contributed by atoms with Crippen molar-refractivity contribution >= 4 is 39.8 Å². The van der Waals surface area contributed by atoms with Crippen molar-refractivity contribution in [2.75, 3.05) is 30.8 Å². The molecule has 1 aromatic carbocycles. The van der Waals surface area contributed by atoms with Crippen LogP contribution in [-0.2, 0) is 16.1 Å². The molecule has 1 aliphatic rings. The Bertz CT molecular complexity index is 1220. The third-order valence-corrected chi connectivity index (χ3v) is 6.82. The standard InChI is InChI=1S/C23H28N6O4S/c1-13-5-6-17(30)15(3)20(13)25-22(32)18-9-24-23(34-18)26-21-14(2)10-29(27-21)12-19(31)28-8-7-16(11-28)33-4/h5-6,9-10,16,30H,7-8,11-12H2,1-4H3,(H,25,32)(H,24,26,27). The number of anilines is 3. The van der Waals surface area contributed by atoms with Crippen LogP contribution in [-0.4, -0.2) is 62.9 Å². The van der Waals surface area contributed by atoms with E-state index in [2.05, 4.69) is 20.7 Å². The summed E-state index contributed by atoms with van der Waals surface area (Å²) in [6.45, 7) is 6.95. The predicted molar refractivity (Wildman–Crippen MR) is 130 cm³/mol. The van der Waals surface area contributed by atoms with Crippen LogP contribution in [0.25, 0.3) is 0 Å². The van der Waals surface area contributed by atoms with Crippen molar-refractivity contribution in [3.63, 3.8) is 0 Å². The monoisotopic (exact) mass is 484 g/mol. The summed E-state index contributed by atoms with van der Waals surface area (Å²) in [5.74, 6) is 0.389. The van der Waals surface area contributed by atoms with Crippen molar-refractivity contribution in [3.05, 3.63) is 46.1 Å². The van der Waals surface area contributed by atoms with Gasteiger partial charge in [0.15, 0.2) is 10.9 Å². The van der Waals surface area contributed by atoms with Gasteiger partial charge in [-0.1, -0.05) is 17.4 Å². The number of nitrogens with one attached hydrogen (secondary N) is 2. The van der Waals surface area contributed by atoms with Gasteiger partial charge in [0, 0.05) is 37.5 Å². The summed E-state index contributed by atoms with van der Waals surface area (Å²) in [5.41, 5.74) is 2.91. The second kappa shape index (κ2) is 9.82. The van der Waals surface area contributed by atoms with E-state index in [4.69, 9.17) is 4.74 Å². The summed E-state index contributed by atoms with van der Waals surface area (Å²) >= 11 is 1.19. The number of phenols is 1. The molecule has 180 valence electrons. The second-order valence-electron chi connectivity index (χ2n) is 8.35. The number of aromatic nitrogens is 3. The molecule has 11 heteroatoms. The number of rotatable bonds is 7. The highest BCUT2D eigenvalue weighted by atomic mass is 32.1. The van der Waals surface area contributed by atoms with Crippen molar-refractivity contribution in [1.82, 2.24) is 19.7 Å². The van der Waals surface area contributed by atoms with E-state index in [0.29, 0.717) is 40.2 Å². The summed E-state index contributed by atoms with van der Waals surface area (Å²) in [7, 11) is 1.66. The SMILES string of the molecule is COC1CCN(C(=O)Cn2cc(C)c(Nc3ncc(C(=O)Nc4c(C)ccc(O)c4C)s3)n2)C1. The zero-order valence-electron chi connectivity index (χ0n) is 19.6. The van der Waals surface area contributed by atoms with Crippen molar-refractivity contribution in [1.29, 1.82) is 0 Å². The van der Waals surface area contributed by atoms with E-state index >= 15 is 0 Å². The van der Waals surface area contributed by atoms with Gasteiger partial charge in [0.25, 0.3) is 5.91 Å². The molecular formula is C23H28N6O4S.